The number of ether oxygens (including phenoxy) is 1. The number of hydrogen-bond donors (Lipinski definition) is 1. The lowest BCUT2D eigenvalue weighted by molar-refractivity contribution is -0.119. The minimum atomic E-state index is -0.592. The molecule has 5 heteroatoms. The number of hydrogen-bond acceptors (Lipinski definition) is 3. The third-order valence-electron chi connectivity index (χ3n) is 3.33. The Morgan fingerprint density at radius 1 is 1.04 bits per heavy atom. The Morgan fingerprint density at radius 3 is 2.35 bits per heavy atom. The van der Waals surface area contributed by atoms with E-state index in [-0.39, 0.29) is 5.69 Å². The molecular weight excluding hydrogens is 297 g/mol. The van der Waals surface area contributed by atoms with Crippen LogP contribution in [0.4, 0.5) is 10.1 Å². The average Bonchev–Trinajstić information content (AvgIpc) is 2.48. The zero-order valence-corrected chi connectivity index (χ0v) is 13.3. The van der Waals surface area contributed by atoms with Crippen molar-refractivity contribution in [3.8, 4) is 0 Å². The van der Waals surface area contributed by atoms with E-state index in [1.54, 1.807) is 32.0 Å². The Bertz CT molecular complexity index is 756. The second kappa shape index (κ2) is 7.05. The van der Waals surface area contributed by atoms with E-state index in [0.717, 1.165) is 16.7 Å². The summed E-state index contributed by atoms with van der Waals surface area (Å²) >= 11 is 0. The van der Waals surface area contributed by atoms with Crippen molar-refractivity contribution in [2.45, 2.75) is 20.8 Å². The topological polar surface area (TPSA) is 55.4 Å². The summed E-state index contributed by atoms with van der Waals surface area (Å²) in [5.74, 6) is -1.70. The first kappa shape index (κ1) is 16.7. The number of amides is 1. The molecule has 1 amide bonds. The van der Waals surface area contributed by atoms with Gasteiger partial charge in [-0.25, -0.2) is 9.18 Å². The molecule has 0 bridgehead atoms. The maximum absolute atomic E-state index is 13.6. The van der Waals surface area contributed by atoms with Crippen LogP contribution in [-0.2, 0) is 9.53 Å². The van der Waals surface area contributed by atoms with Gasteiger partial charge in [-0.1, -0.05) is 23.8 Å². The van der Waals surface area contributed by atoms with Crippen LogP contribution in [0.2, 0.25) is 0 Å². The van der Waals surface area contributed by atoms with Gasteiger partial charge < -0.3 is 10.1 Å². The summed E-state index contributed by atoms with van der Waals surface area (Å²) in [7, 11) is 0. The first-order valence-electron chi connectivity index (χ1n) is 7.17. The fraction of sp³-hybridized carbons (Fsp3) is 0.222. The Morgan fingerprint density at radius 2 is 1.70 bits per heavy atom. The molecule has 0 heterocycles. The molecule has 0 aliphatic rings. The van der Waals surface area contributed by atoms with E-state index in [4.69, 9.17) is 4.74 Å². The van der Waals surface area contributed by atoms with Crippen molar-refractivity contribution in [2.24, 2.45) is 0 Å². The van der Waals surface area contributed by atoms with Gasteiger partial charge in [-0.3, -0.25) is 4.79 Å². The van der Waals surface area contributed by atoms with E-state index < -0.39 is 24.3 Å². The van der Waals surface area contributed by atoms with Crippen LogP contribution in [0.15, 0.2) is 36.4 Å². The quantitative estimate of drug-likeness (QED) is 0.878. The molecule has 0 atom stereocenters. The minimum Gasteiger partial charge on any atom is -0.452 e. The molecule has 0 spiro atoms. The first-order chi connectivity index (χ1) is 10.9. The fourth-order valence-electron chi connectivity index (χ4n) is 2.16. The number of aryl methyl sites for hydroxylation is 3. The molecular formula is C18H18FNO3. The molecule has 2 aromatic rings. The number of rotatable bonds is 4. The second-order valence-corrected chi connectivity index (χ2v) is 5.43. The summed E-state index contributed by atoms with van der Waals surface area (Å²) in [6.07, 6.45) is 0. The maximum atomic E-state index is 13.6. The van der Waals surface area contributed by atoms with Crippen LogP contribution in [0.1, 0.15) is 27.0 Å². The summed E-state index contributed by atoms with van der Waals surface area (Å²) in [5, 5.41) is 2.38. The van der Waals surface area contributed by atoms with Crippen LogP contribution >= 0.6 is 0 Å². The molecule has 0 saturated heterocycles. The molecule has 0 saturated carbocycles. The number of carbonyl (C=O) groups is 2. The molecule has 0 aliphatic carbocycles. The monoisotopic (exact) mass is 315 g/mol. The van der Waals surface area contributed by atoms with Gasteiger partial charge in [0.2, 0.25) is 0 Å². The van der Waals surface area contributed by atoms with Crippen LogP contribution in [0.3, 0.4) is 0 Å². The summed E-state index contributed by atoms with van der Waals surface area (Å²) in [6.45, 7) is 5.00. The SMILES string of the molecule is Cc1ccc(C(=O)OCC(=O)Nc2ccc(C)cc2F)c(C)c1. The van der Waals surface area contributed by atoms with Gasteiger partial charge >= 0.3 is 5.97 Å². The first-order valence-corrected chi connectivity index (χ1v) is 7.17. The molecule has 0 fully saturated rings. The van der Waals surface area contributed by atoms with E-state index in [1.807, 2.05) is 13.0 Å². The van der Waals surface area contributed by atoms with E-state index in [0.29, 0.717) is 5.56 Å². The van der Waals surface area contributed by atoms with Gasteiger partial charge in [-0.15, -0.1) is 0 Å². The Balaban J connectivity index is 1.94. The van der Waals surface area contributed by atoms with Gasteiger partial charge in [0.05, 0.1) is 11.3 Å². The molecule has 0 unspecified atom stereocenters. The van der Waals surface area contributed by atoms with Gasteiger partial charge in [-0.05, 0) is 50.1 Å². The molecule has 0 aromatic heterocycles. The average molecular weight is 315 g/mol. The largest absolute Gasteiger partial charge is 0.452 e. The minimum absolute atomic E-state index is 0.0585. The zero-order chi connectivity index (χ0) is 17.0. The number of benzene rings is 2. The number of anilines is 1. The third-order valence-corrected chi connectivity index (χ3v) is 3.33. The van der Waals surface area contributed by atoms with Gasteiger partial charge in [-0.2, -0.15) is 0 Å². The van der Waals surface area contributed by atoms with Crippen molar-refractivity contribution >= 4 is 17.6 Å². The molecule has 0 radical (unpaired) electrons. The highest BCUT2D eigenvalue weighted by atomic mass is 19.1. The van der Waals surface area contributed by atoms with Gasteiger partial charge in [0.15, 0.2) is 6.61 Å². The van der Waals surface area contributed by atoms with Crippen molar-refractivity contribution in [3.63, 3.8) is 0 Å². The molecule has 120 valence electrons. The van der Waals surface area contributed by atoms with Crippen molar-refractivity contribution in [1.82, 2.24) is 0 Å². The van der Waals surface area contributed by atoms with Crippen molar-refractivity contribution in [1.29, 1.82) is 0 Å². The third kappa shape index (κ3) is 4.39. The van der Waals surface area contributed by atoms with Crippen LogP contribution in [0.5, 0.6) is 0 Å². The molecule has 23 heavy (non-hydrogen) atoms. The Hall–Kier alpha value is -2.69. The standard InChI is InChI=1S/C18H18FNO3/c1-11-4-6-14(13(3)8-11)18(22)23-10-17(21)20-16-7-5-12(2)9-15(16)19/h4-9H,10H2,1-3H3,(H,20,21). The lowest BCUT2D eigenvalue weighted by atomic mass is 10.1. The number of halogens is 1. The lowest BCUT2D eigenvalue weighted by Gasteiger charge is -2.09. The van der Waals surface area contributed by atoms with Gasteiger partial charge in [0.25, 0.3) is 5.91 Å². The maximum Gasteiger partial charge on any atom is 0.338 e. The summed E-state index contributed by atoms with van der Waals surface area (Å²) in [6, 6.07) is 9.78. The van der Waals surface area contributed by atoms with E-state index in [1.165, 1.54) is 12.1 Å². The summed E-state index contributed by atoms with van der Waals surface area (Å²) < 4.78 is 18.6. The van der Waals surface area contributed by atoms with Crippen LogP contribution in [-0.4, -0.2) is 18.5 Å². The van der Waals surface area contributed by atoms with Crippen molar-refractivity contribution in [3.05, 3.63) is 64.5 Å². The van der Waals surface area contributed by atoms with Crippen molar-refractivity contribution in [2.75, 3.05) is 11.9 Å². The van der Waals surface area contributed by atoms with E-state index in [2.05, 4.69) is 5.32 Å². The molecule has 4 nitrogen and oxygen atoms in total. The smallest absolute Gasteiger partial charge is 0.338 e. The zero-order valence-electron chi connectivity index (χ0n) is 13.3. The van der Waals surface area contributed by atoms with Crippen LogP contribution in [0, 0.1) is 26.6 Å². The number of nitrogens with one attached hydrogen (secondary N) is 1. The van der Waals surface area contributed by atoms with E-state index >= 15 is 0 Å². The highest BCUT2D eigenvalue weighted by molar-refractivity contribution is 5.96. The Labute approximate surface area is 134 Å². The normalized spacial score (nSPS) is 10.3. The number of esters is 1. The molecule has 1 N–H and O–H groups in total. The van der Waals surface area contributed by atoms with Crippen molar-refractivity contribution < 1.29 is 18.7 Å². The van der Waals surface area contributed by atoms with Crippen LogP contribution < -0.4 is 5.32 Å². The predicted molar refractivity (Wildman–Crippen MR) is 86.0 cm³/mol. The molecule has 0 aliphatic heterocycles. The second-order valence-electron chi connectivity index (χ2n) is 5.43. The van der Waals surface area contributed by atoms with E-state index in [9.17, 15) is 14.0 Å². The number of carbonyl (C=O) groups excluding carboxylic acids is 2. The fourth-order valence-corrected chi connectivity index (χ4v) is 2.16. The lowest BCUT2D eigenvalue weighted by Crippen LogP contribution is -2.21. The predicted octanol–water partition coefficient (Wildman–Crippen LogP) is 3.55. The molecule has 2 rings (SSSR count). The van der Waals surface area contributed by atoms with Crippen LogP contribution in [0.25, 0.3) is 0 Å². The highest BCUT2D eigenvalue weighted by Gasteiger charge is 2.13. The summed E-state index contributed by atoms with van der Waals surface area (Å²) in [5.41, 5.74) is 3.03. The van der Waals surface area contributed by atoms with Gasteiger partial charge in [0.1, 0.15) is 5.82 Å². The van der Waals surface area contributed by atoms with Gasteiger partial charge in [0, 0.05) is 0 Å². The summed E-state index contributed by atoms with van der Waals surface area (Å²) in [4.78, 5) is 23.7. The highest BCUT2D eigenvalue weighted by Crippen LogP contribution is 2.15. The molecule has 2 aromatic carbocycles. The Kier molecular flexibility index (Phi) is 5.11.